The van der Waals surface area contributed by atoms with Crippen LogP contribution in [0.1, 0.15) is 37.4 Å². The molecule has 1 fully saturated rings. The second-order valence-electron chi connectivity index (χ2n) is 5.32. The number of hydrogen-bond acceptors (Lipinski definition) is 3. The quantitative estimate of drug-likeness (QED) is 0.901. The van der Waals surface area contributed by atoms with Crippen LogP contribution in [0, 0.1) is 17.2 Å². The molecule has 2 atom stereocenters. The molecule has 0 amide bonds. The number of hydrogen-bond donors (Lipinski definition) is 1. The van der Waals surface area contributed by atoms with Crippen molar-refractivity contribution in [3.05, 3.63) is 35.4 Å². The molecule has 0 spiro atoms. The van der Waals surface area contributed by atoms with Crippen LogP contribution in [0.15, 0.2) is 24.3 Å². The Balaban J connectivity index is 2.34. The lowest BCUT2D eigenvalue weighted by molar-refractivity contribution is 0.128. The summed E-state index contributed by atoms with van der Waals surface area (Å²) >= 11 is 0. The Kier molecular flexibility index (Phi) is 4.95. The highest BCUT2D eigenvalue weighted by atomic mass is 15.2. The molecule has 1 aliphatic heterocycles. The maximum Gasteiger partial charge on any atom is 0.0995 e. The Morgan fingerprint density at radius 1 is 1.32 bits per heavy atom. The summed E-state index contributed by atoms with van der Waals surface area (Å²) in [5.41, 5.74) is 2.02. The van der Waals surface area contributed by atoms with E-state index in [0.717, 1.165) is 38.2 Å². The minimum atomic E-state index is 0.364. The molecule has 1 aromatic carbocycles. The summed E-state index contributed by atoms with van der Waals surface area (Å²) in [5, 5.41) is 12.7. The van der Waals surface area contributed by atoms with Crippen LogP contribution in [0.2, 0.25) is 0 Å². The first-order valence-corrected chi connectivity index (χ1v) is 7.21. The van der Waals surface area contributed by atoms with Crippen molar-refractivity contribution < 1.29 is 0 Å². The van der Waals surface area contributed by atoms with E-state index in [4.69, 9.17) is 0 Å². The van der Waals surface area contributed by atoms with Crippen LogP contribution >= 0.6 is 0 Å². The normalized spacial score (nSPS) is 19.6. The van der Waals surface area contributed by atoms with Crippen LogP contribution in [-0.2, 0) is 0 Å². The molecule has 0 aromatic heterocycles. The second-order valence-corrected chi connectivity index (χ2v) is 5.32. The first-order valence-electron chi connectivity index (χ1n) is 7.21. The van der Waals surface area contributed by atoms with Crippen molar-refractivity contribution in [2.45, 2.75) is 26.3 Å². The molecular formula is C16H23N3. The Bertz CT molecular complexity index is 444. The zero-order valence-electron chi connectivity index (χ0n) is 11.9. The molecule has 19 heavy (non-hydrogen) atoms. The zero-order chi connectivity index (χ0) is 13.7. The van der Waals surface area contributed by atoms with E-state index in [1.165, 1.54) is 5.56 Å². The molecule has 0 bridgehead atoms. The Morgan fingerprint density at radius 3 is 2.63 bits per heavy atom. The van der Waals surface area contributed by atoms with E-state index in [2.05, 4.69) is 36.2 Å². The highest BCUT2D eigenvalue weighted by Gasteiger charge is 2.27. The first-order chi connectivity index (χ1) is 9.27. The summed E-state index contributed by atoms with van der Waals surface area (Å²) in [6, 6.07) is 10.8. The highest BCUT2D eigenvalue weighted by Crippen LogP contribution is 2.32. The average molecular weight is 257 g/mol. The highest BCUT2D eigenvalue weighted by molar-refractivity contribution is 5.39. The number of rotatable bonds is 4. The van der Waals surface area contributed by atoms with Gasteiger partial charge in [0.2, 0.25) is 0 Å². The van der Waals surface area contributed by atoms with E-state index >= 15 is 0 Å². The van der Waals surface area contributed by atoms with Gasteiger partial charge in [0, 0.05) is 32.2 Å². The first kappa shape index (κ1) is 14.0. The monoisotopic (exact) mass is 257 g/mol. The molecule has 1 N–H and O–H groups in total. The van der Waals surface area contributed by atoms with Gasteiger partial charge >= 0.3 is 0 Å². The molecule has 1 unspecified atom stereocenters. The van der Waals surface area contributed by atoms with Gasteiger partial charge in [-0.25, -0.2) is 0 Å². The van der Waals surface area contributed by atoms with Crippen molar-refractivity contribution in [3.63, 3.8) is 0 Å². The van der Waals surface area contributed by atoms with E-state index in [9.17, 15) is 5.26 Å². The molecule has 1 aromatic rings. The van der Waals surface area contributed by atoms with E-state index in [1.54, 1.807) is 0 Å². The SMILES string of the molecule is CCC(C)[C@H](c1ccccc1C#N)N1CCNCC1. The number of nitriles is 1. The second kappa shape index (κ2) is 6.70. The molecule has 2 rings (SSSR count). The van der Waals surface area contributed by atoms with Crippen LogP contribution in [0.5, 0.6) is 0 Å². The van der Waals surface area contributed by atoms with Crippen LogP contribution in [-0.4, -0.2) is 31.1 Å². The maximum absolute atomic E-state index is 9.34. The molecule has 0 radical (unpaired) electrons. The third-order valence-electron chi connectivity index (χ3n) is 4.13. The van der Waals surface area contributed by atoms with Crippen LogP contribution in [0.25, 0.3) is 0 Å². The summed E-state index contributed by atoms with van der Waals surface area (Å²) < 4.78 is 0. The standard InChI is InChI=1S/C16H23N3/c1-3-13(2)16(19-10-8-18-9-11-19)15-7-5-4-6-14(15)12-17/h4-7,13,16,18H,3,8-11H2,1-2H3/t13?,16-/m1/s1. The summed E-state index contributed by atoms with van der Waals surface area (Å²) in [6.45, 7) is 8.74. The van der Waals surface area contributed by atoms with Gasteiger partial charge in [-0.1, -0.05) is 38.5 Å². The smallest absolute Gasteiger partial charge is 0.0995 e. The van der Waals surface area contributed by atoms with Crippen LogP contribution in [0.3, 0.4) is 0 Å². The lowest BCUT2D eigenvalue weighted by atomic mass is 9.88. The minimum Gasteiger partial charge on any atom is -0.314 e. The average Bonchev–Trinajstić information content (AvgIpc) is 2.49. The van der Waals surface area contributed by atoms with Crippen LogP contribution < -0.4 is 5.32 Å². The van der Waals surface area contributed by atoms with Gasteiger partial charge in [-0.3, -0.25) is 4.90 Å². The van der Waals surface area contributed by atoms with Crippen LogP contribution in [0.4, 0.5) is 0 Å². The van der Waals surface area contributed by atoms with E-state index in [1.807, 2.05) is 18.2 Å². The van der Waals surface area contributed by atoms with Crippen molar-refractivity contribution in [2.24, 2.45) is 5.92 Å². The lowest BCUT2D eigenvalue weighted by Crippen LogP contribution is -2.46. The third kappa shape index (κ3) is 3.15. The molecule has 102 valence electrons. The Labute approximate surface area is 116 Å². The fraction of sp³-hybridized carbons (Fsp3) is 0.562. The van der Waals surface area contributed by atoms with Gasteiger partial charge in [0.25, 0.3) is 0 Å². The Hall–Kier alpha value is -1.37. The summed E-state index contributed by atoms with van der Waals surface area (Å²) in [4.78, 5) is 2.53. The predicted octanol–water partition coefficient (Wildman–Crippen LogP) is 2.55. The van der Waals surface area contributed by atoms with Gasteiger partial charge in [0.15, 0.2) is 0 Å². The van der Waals surface area contributed by atoms with E-state index in [-0.39, 0.29) is 0 Å². The summed E-state index contributed by atoms with van der Waals surface area (Å²) in [7, 11) is 0. The van der Waals surface area contributed by atoms with E-state index < -0.39 is 0 Å². The van der Waals surface area contributed by atoms with Gasteiger partial charge in [-0.2, -0.15) is 5.26 Å². The fourth-order valence-corrected chi connectivity index (χ4v) is 2.90. The lowest BCUT2D eigenvalue weighted by Gasteiger charge is -2.38. The van der Waals surface area contributed by atoms with Crippen molar-refractivity contribution >= 4 is 0 Å². The zero-order valence-corrected chi connectivity index (χ0v) is 11.9. The van der Waals surface area contributed by atoms with Crippen molar-refractivity contribution in [2.75, 3.05) is 26.2 Å². The van der Waals surface area contributed by atoms with Gasteiger partial charge in [-0.15, -0.1) is 0 Å². The number of benzene rings is 1. The van der Waals surface area contributed by atoms with Crippen molar-refractivity contribution in [1.82, 2.24) is 10.2 Å². The van der Waals surface area contributed by atoms with Crippen molar-refractivity contribution in [3.8, 4) is 6.07 Å². The topological polar surface area (TPSA) is 39.1 Å². The molecule has 1 heterocycles. The molecule has 3 heteroatoms. The largest absolute Gasteiger partial charge is 0.314 e. The number of piperazine rings is 1. The fourth-order valence-electron chi connectivity index (χ4n) is 2.90. The van der Waals surface area contributed by atoms with E-state index in [0.29, 0.717) is 12.0 Å². The van der Waals surface area contributed by atoms with Gasteiger partial charge in [0.05, 0.1) is 11.6 Å². The Morgan fingerprint density at radius 2 is 2.00 bits per heavy atom. The predicted molar refractivity (Wildman–Crippen MR) is 77.8 cm³/mol. The van der Waals surface area contributed by atoms with Crippen molar-refractivity contribution in [1.29, 1.82) is 5.26 Å². The van der Waals surface area contributed by atoms with Gasteiger partial charge in [0.1, 0.15) is 0 Å². The molecule has 1 saturated heterocycles. The maximum atomic E-state index is 9.34. The minimum absolute atomic E-state index is 0.364. The molecule has 0 saturated carbocycles. The summed E-state index contributed by atoms with van der Waals surface area (Å²) in [6.07, 6.45) is 1.13. The molecule has 3 nitrogen and oxygen atoms in total. The molecule has 1 aliphatic rings. The number of nitrogens with zero attached hydrogens (tertiary/aromatic N) is 2. The van der Waals surface area contributed by atoms with Gasteiger partial charge in [-0.05, 0) is 17.5 Å². The molecule has 0 aliphatic carbocycles. The molecular weight excluding hydrogens is 234 g/mol. The third-order valence-corrected chi connectivity index (χ3v) is 4.13. The number of nitrogens with one attached hydrogen (secondary N) is 1. The summed E-state index contributed by atoms with van der Waals surface area (Å²) in [5.74, 6) is 0.563. The van der Waals surface area contributed by atoms with Gasteiger partial charge < -0.3 is 5.32 Å².